The average molecular weight is 247 g/mol. The maximum Gasteiger partial charge on any atom is 0.0639 e. The highest BCUT2D eigenvalue weighted by Crippen LogP contribution is 1.94. The summed E-state index contributed by atoms with van der Waals surface area (Å²) in [5.41, 5.74) is 16.7. The zero-order chi connectivity index (χ0) is 13.1. The van der Waals surface area contributed by atoms with E-state index in [9.17, 15) is 5.11 Å². The van der Waals surface area contributed by atoms with Gasteiger partial charge in [-0.15, -0.1) is 0 Å². The van der Waals surface area contributed by atoms with Gasteiger partial charge < -0.3 is 22.3 Å². The van der Waals surface area contributed by atoms with Gasteiger partial charge in [0.2, 0.25) is 0 Å². The van der Waals surface area contributed by atoms with Crippen molar-refractivity contribution in [3.63, 3.8) is 0 Å². The van der Waals surface area contributed by atoms with Crippen molar-refractivity contribution in [1.82, 2.24) is 9.80 Å². The Bertz CT molecular complexity index is 162. The van der Waals surface area contributed by atoms with Gasteiger partial charge in [0.1, 0.15) is 0 Å². The first-order valence-corrected chi connectivity index (χ1v) is 6.37. The molecule has 0 aliphatic rings. The van der Waals surface area contributed by atoms with Crippen LogP contribution in [0.5, 0.6) is 0 Å². The van der Waals surface area contributed by atoms with Crippen LogP contribution in [-0.2, 0) is 0 Å². The van der Waals surface area contributed by atoms with E-state index in [1.165, 1.54) is 0 Å². The molecule has 17 heavy (non-hydrogen) atoms. The monoisotopic (exact) mass is 247 g/mol. The van der Waals surface area contributed by atoms with Gasteiger partial charge in [-0.05, 0) is 6.92 Å². The molecule has 0 fully saturated rings. The molecule has 6 nitrogen and oxygen atoms in total. The normalized spacial score (nSPS) is 13.6. The molecule has 1 unspecified atom stereocenters. The lowest BCUT2D eigenvalue weighted by molar-refractivity contribution is 0.118. The first-order chi connectivity index (χ1) is 8.13. The van der Waals surface area contributed by atoms with Crippen LogP contribution in [0.4, 0.5) is 0 Å². The highest BCUT2D eigenvalue weighted by molar-refractivity contribution is 4.66. The van der Waals surface area contributed by atoms with E-state index in [4.69, 9.17) is 17.2 Å². The lowest BCUT2D eigenvalue weighted by Gasteiger charge is -2.27. The summed E-state index contributed by atoms with van der Waals surface area (Å²) < 4.78 is 0. The van der Waals surface area contributed by atoms with E-state index in [0.29, 0.717) is 26.2 Å². The second kappa shape index (κ2) is 10.9. The van der Waals surface area contributed by atoms with Gasteiger partial charge in [-0.1, -0.05) is 0 Å². The molecule has 0 aromatic carbocycles. The fourth-order valence-electron chi connectivity index (χ4n) is 1.83. The molecule has 0 bridgehead atoms. The molecule has 0 aromatic rings. The van der Waals surface area contributed by atoms with E-state index in [-0.39, 0.29) is 6.10 Å². The maximum absolute atomic E-state index is 9.39. The largest absolute Gasteiger partial charge is 0.392 e. The zero-order valence-electron chi connectivity index (χ0n) is 11.0. The average Bonchev–Trinajstić information content (AvgIpc) is 2.26. The fraction of sp³-hybridized carbons (Fsp3) is 1.00. The number of aliphatic hydroxyl groups is 1. The lowest BCUT2D eigenvalue weighted by atomic mass is 10.3. The molecule has 6 heteroatoms. The summed E-state index contributed by atoms with van der Waals surface area (Å²) in [7, 11) is 0. The minimum Gasteiger partial charge on any atom is -0.392 e. The SMILES string of the molecule is CC(O)CN(CCN)CCN(CCN)CCN. The van der Waals surface area contributed by atoms with Gasteiger partial charge >= 0.3 is 0 Å². The van der Waals surface area contributed by atoms with Crippen molar-refractivity contribution in [1.29, 1.82) is 0 Å². The van der Waals surface area contributed by atoms with Crippen molar-refractivity contribution in [2.75, 3.05) is 58.9 Å². The van der Waals surface area contributed by atoms with Gasteiger partial charge in [0.15, 0.2) is 0 Å². The number of hydrogen-bond acceptors (Lipinski definition) is 6. The smallest absolute Gasteiger partial charge is 0.0639 e. The Labute approximate surface area is 105 Å². The van der Waals surface area contributed by atoms with E-state index < -0.39 is 0 Å². The summed E-state index contributed by atoms with van der Waals surface area (Å²) in [5.74, 6) is 0. The van der Waals surface area contributed by atoms with Crippen molar-refractivity contribution in [3.05, 3.63) is 0 Å². The molecule has 0 aromatic heterocycles. The first kappa shape index (κ1) is 16.8. The summed E-state index contributed by atoms with van der Waals surface area (Å²) in [6.45, 7) is 8.70. The van der Waals surface area contributed by atoms with Crippen LogP contribution < -0.4 is 17.2 Å². The summed E-state index contributed by atoms with van der Waals surface area (Å²) in [6, 6.07) is 0. The van der Waals surface area contributed by atoms with Crippen molar-refractivity contribution in [2.24, 2.45) is 17.2 Å². The van der Waals surface area contributed by atoms with Gasteiger partial charge in [0.05, 0.1) is 6.10 Å². The molecule has 0 radical (unpaired) electrons. The van der Waals surface area contributed by atoms with Gasteiger partial charge in [-0.3, -0.25) is 9.80 Å². The Morgan fingerprint density at radius 1 is 0.824 bits per heavy atom. The molecule has 0 saturated heterocycles. The molecule has 0 rings (SSSR count). The third kappa shape index (κ3) is 9.46. The molecule has 104 valence electrons. The van der Waals surface area contributed by atoms with Crippen LogP contribution >= 0.6 is 0 Å². The van der Waals surface area contributed by atoms with Gasteiger partial charge in [0.25, 0.3) is 0 Å². The molecule has 0 saturated carbocycles. The Balaban J connectivity index is 3.96. The number of hydrogen-bond donors (Lipinski definition) is 4. The van der Waals surface area contributed by atoms with Crippen LogP contribution in [0.25, 0.3) is 0 Å². The van der Waals surface area contributed by atoms with Crippen LogP contribution in [0.1, 0.15) is 6.92 Å². The Kier molecular flexibility index (Phi) is 10.7. The minimum absolute atomic E-state index is 0.320. The number of aliphatic hydroxyl groups excluding tert-OH is 1. The van der Waals surface area contributed by atoms with Crippen molar-refractivity contribution < 1.29 is 5.11 Å². The van der Waals surface area contributed by atoms with Crippen LogP contribution in [0.3, 0.4) is 0 Å². The molecular formula is C11H29N5O. The topological polar surface area (TPSA) is 105 Å². The summed E-state index contributed by atoms with van der Waals surface area (Å²) >= 11 is 0. The van der Waals surface area contributed by atoms with E-state index in [2.05, 4.69) is 9.80 Å². The summed E-state index contributed by atoms with van der Waals surface area (Å²) in [5, 5.41) is 9.39. The summed E-state index contributed by atoms with van der Waals surface area (Å²) in [6.07, 6.45) is -0.320. The van der Waals surface area contributed by atoms with Crippen LogP contribution in [0.15, 0.2) is 0 Å². The third-order valence-electron chi connectivity index (χ3n) is 2.59. The second-order valence-electron chi connectivity index (χ2n) is 4.36. The summed E-state index contributed by atoms with van der Waals surface area (Å²) in [4.78, 5) is 4.41. The highest BCUT2D eigenvalue weighted by Gasteiger charge is 2.09. The molecule has 0 amide bonds. The molecule has 0 heterocycles. The van der Waals surface area contributed by atoms with Crippen molar-refractivity contribution in [2.45, 2.75) is 13.0 Å². The molecular weight excluding hydrogens is 218 g/mol. The van der Waals surface area contributed by atoms with Crippen LogP contribution in [0.2, 0.25) is 0 Å². The fourth-order valence-corrected chi connectivity index (χ4v) is 1.83. The first-order valence-electron chi connectivity index (χ1n) is 6.37. The number of nitrogens with zero attached hydrogens (tertiary/aromatic N) is 2. The molecule has 1 atom stereocenters. The third-order valence-corrected chi connectivity index (χ3v) is 2.59. The Hall–Kier alpha value is -0.240. The van der Waals surface area contributed by atoms with Gasteiger partial charge in [-0.2, -0.15) is 0 Å². The minimum atomic E-state index is -0.320. The van der Waals surface area contributed by atoms with Gasteiger partial charge in [0, 0.05) is 58.9 Å². The zero-order valence-corrected chi connectivity index (χ0v) is 11.0. The van der Waals surface area contributed by atoms with Crippen LogP contribution in [0, 0.1) is 0 Å². The van der Waals surface area contributed by atoms with E-state index >= 15 is 0 Å². The van der Waals surface area contributed by atoms with Gasteiger partial charge in [-0.25, -0.2) is 0 Å². The standard InChI is InChI=1S/C11H29N5O/c1-11(17)10-16(7-4-14)9-8-15(5-2-12)6-3-13/h11,17H,2-10,12-14H2,1H3. The lowest BCUT2D eigenvalue weighted by Crippen LogP contribution is -2.43. The quantitative estimate of drug-likeness (QED) is 0.332. The highest BCUT2D eigenvalue weighted by atomic mass is 16.3. The Morgan fingerprint density at radius 3 is 1.65 bits per heavy atom. The second-order valence-corrected chi connectivity index (χ2v) is 4.36. The predicted octanol–water partition coefficient (Wildman–Crippen LogP) is -2.15. The van der Waals surface area contributed by atoms with E-state index in [0.717, 1.165) is 32.7 Å². The van der Waals surface area contributed by atoms with E-state index in [1.54, 1.807) is 6.92 Å². The van der Waals surface area contributed by atoms with Crippen molar-refractivity contribution in [3.8, 4) is 0 Å². The number of rotatable bonds is 11. The number of nitrogens with two attached hydrogens (primary N) is 3. The van der Waals surface area contributed by atoms with Crippen LogP contribution in [-0.4, -0.2) is 79.9 Å². The van der Waals surface area contributed by atoms with E-state index in [1.807, 2.05) is 0 Å². The molecule has 0 aliphatic carbocycles. The molecule has 0 spiro atoms. The molecule has 7 N–H and O–H groups in total. The van der Waals surface area contributed by atoms with Crippen molar-refractivity contribution >= 4 is 0 Å². The molecule has 0 aliphatic heterocycles. The predicted molar refractivity (Wildman–Crippen MR) is 71.7 cm³/mol. The Morgan fingerprint density at radius 2 is 1.24 bits per heavy atom. The maximum atomic E-state index is 9.39.